The molecule has 0 unspecified atom stereocenters. The van der Waals surface area contributed by atoms with Crippen LogP contribution in [0.15, 0.2) is 24.3 Å². The van der Waals surface area contributed by atoms with Crippen LogP contribution in [0.5, 0.6) is 5.75 Å². The first-order valence-corrected chi connectivity index (χ1v) is 7.48. The first kappa shape index (κ1) is 16.9. The van der Waals surface area contributed by atoms with Gasteiger partial charge in [0.15, 0.2) is 17.4 Å². The Balaban J connectivity index is 1.85. The second kappa shape index (κ2) is 7.73. The minimum Gasteiger partial charge on any atom is -0.484 e. The molecule has 9 heteroatoms. The van der Waals surface area contributed by atoms with Crippen LogP contribution in [0.4, 0.5) is 13.9 Å². The summed E-state index contributed by atoms with van der Waals surface area (Å²) in [6, 6.07) is 6.38. The lowest BCUT2D eigenvalue weighted by atomic mass is 10.1. The molecule has 122 valence electrons. The second-order valence-corrected chi connectivity index (χ2v) is 5.39. The van der Waals surface area contributed by atoms with Crippen LogP contribution in [-0.4, -0.2) is 28.5 Å². The number of aromatic nitrogens is 2. The van der Waals surface area contributed by atoms with Crippen molar-refractivity contribution in [2.75, 3.05) is 11.9 Å². The summed E-state index contributed by atoms with van der Waals surface area (Å²) in [4.78, 5) is 23.1. The maximum atomic E-state index is 12.3. The number of carbonyl (C=O) groups is 2. The van der Waals surface area contributed by atoms with Crippen molar-refractivity contribution in [1.82, 2.24) is 10.2 Å². The Hall–Kier alpha value is -2.42. The molecule has 2 rings (SSSR count). The van der Waals surface area contributed by atoms with Gasteiger partial charge in [-0.05, 0) is 24.3 Å². The molecule has 0 saturated heterocycles. The molecule has 1 aromatic carbocycles. The normalized spacial score (nSPS) is 10.6. The highest BCUT2D eigenvalue weighted by molar-refractivity contribution is 7.15. The summed E-state index contributed by atoms with van der Waals surface area (Å²) < 4.78 is 29.9. The number of nitrogens with zero attached hydrogens (tertiary/aromatic N) is 2. The Morgan fingerprint density at radius 3 is 2.52 bits per heavy atom. The summed E-state index contributed by atoms with van der Waals surface area (Å²) in [6.45, 7) is 1.45. The summed E-state index contributed by atoms with van der Waals surface area (Å²) in [5, 5.41) is 8.53. The van der Waals surface area contributed by atoms with Gasteiger partial charge in [0.25, 0.3) is 12.3 Å². The molecule has 0 radical (unpaired) electrons. The fourth-order valence-electron chi connectivity index (χ4n) is 1.62. The van der Waals surface area contributed by atoms with Crippen LogP contribution in [0.3, 0.4) is 0 Å². The summed E-state index contributed by atoms with van der Waals surface area (Å²) in [5.41, 5.74) is 0.567. The minimum absolute atomic E-state index is 0.0143. The number of hydrogen-bond donors (Lipinski definition) is 1. The van der Waals surface area contributed by atoms with Crippen LogP contribution < -0.4 is 10.1 Å². The summed E-state index contributed by atoms with van der Waals surface area (Å²) in [6.07, 6.45) is -2.32. The topological polar surface area (TPSA) is 81.2 Å². The number of hydrogen-bond acceptors (Lipinski definition) is 6. The summed E-state index contributed by atoms with van der Waals surface area (Å²) in [7, 11) is 0. The van der Waals surface area contributed by atoms with E-state index in [4.69, 9.17) is 4.74 Å². The Morgan fingerprint density at radius 1 is 1.26 bits per heavy atom. The van der Waals surface area contributed by atoms with Crippen molar-refractivity contribution in [3.8, 4) is 5.75 Å². The lowest BCUT2D eigenvalue weighted by Gasteiger charge is -2.06. The third-order valence-corrected chi connectivity index (χ3v) is 3.59. The van der Waals surface area contributed by atoms with Gasteiger partial charge in [0, 0.05) is 12.0 Å². The molecule has 6 nitrogen and oxygen atoms in total. The number of rotatable bonds is 7. The van der Waals surface area contributed by atoms with E-state index in [1.807, 2.05) is 0 Å². The van der Waals surface area contributed by atoms with Crippen LogP contribution >= 0.6 is 11.3 Å². The number of carbonyl (C=O) groups excluding carboxylic acids is 2. The van der Waals surface area contributed by atoms with E-state index in [1.165, 1.54) is 0 Å². The number of halogens is 2. The number of anilines is 1. The Morgan fingerprint density at radius 2 is 1.96 bits per heavy atom. The molecule has 0 bridgehead atoms. The third-order valence-electron chi connectivity index (χ3n) is 2.74. The molecule has 0 aliphatic rings. The summed E-state index contributed by atoms with van der Waals surface area (Å²) >= 11 is 0.601. The predicted molar refractivity (Wildman–Crippen MR) is 80.1 cm³/mol. The molecule has 1 N–H and O–H groups in total. The number of nitrogens with one attached hydrogen (secondary N) is 1. The van der Waals surface area contributed by atoms with Crippen molar-refractivity contribution in [2.24, 2.45) is 0 Å². The Bertz CT molecular complexity index is 689. The van der Waals surface area contributed by atoms with Crippen LogP contribution in [0.25, 0.3) is 0 Å². The zero-order valence-corrected chi connectivity index (χ0v) is 12.9. The van der Waals surface area contributed by atoms with E-state index in [0.717, 1.165) is 0 Å². The van der Waals surface area contributed by atoms with E-state index in [-0.39, 0.29) is 17.5 Å². The number of Topliss-reactive ketones (excluding diaryl/α,β-unsaturated/α-hetero) is 1. The number of benzene rings is 1. The van der Waals surface area contributed by atoms with E-state index >= 15 is 0 Å². The molecule has 0 fully saturated rings. The van der Waals surface area contributed by atoms with Crippen molar-refractivity contribution >= 4 is 28.2 Å². The zero-order chi connectivity index (χ0) is 16.8. The standard InChI is InChI=1S/C14H13F2N3O3S/c1-2-10(20)8-3-5-9(6-4-8)22-7-11(21)17-14-19-18-13(23-14)12(15)16/h3-6,12H,2,7H2,1H3,(H,17,19,21). The molecule has 0 spiro atoms. The highest BCUT2D eigenvalue weighted by Crippen LogP contribution is 2.25. The molecule has 1 heterocycles. The molecular formula is C14H13F2N3O3S. The van der Waals surface area contributed by atoms with E-state index < -0.39 is 17.3 Å². The molecule has 0 aliphatic carbocycles. The monoisotopic (exact) mass is 341 g/mol. The van der Waals surface area contributed by atoms with Gasteiger partial charge in [-0.3, -0.25) is 14.9 Å². The summed E-state index contributed by atoms with van der Waals surface area (Å²) in [5.74, 6) is -0.116. The number of amides is 1. The van der Waals surface area contributed by atoms with Crippen molar-refractivity contribution in [2.45, 2.75) is 19.8 Å². The van der Waals surface area contributed by atoms with Gasteiger partial charge in [-0.1, -0.05) is 18.3 Å². The first-order chi connectivity index (χ1) is 11.0. The molecule has 1 amide bonds. The van der Waals surface area contributed by atoms with Gasteiger partial charge in [0.2, 0.25) is 5.13 Å². The first-order valence-electron chi connectivity index (χ1n) is 6.67. The average molecular weight is 341 g/mol. The van der Waals surface area contributed by atoms with E-state index in [1.54, 1.807) is 31.2 Å². The second-order valence-electron chi connectivity index (χ2n) is 4.38. The fourth-order valence-corrected chi connectivity index (χ4v) is 2.23. The van der Waals surface area contributed by atoms with Crippen LogP contribution in [0, 0.1) is 0 Å². The van der Waals surface area contributed by atoms with Crippen molar-refractivity contribution in [3.05, 3.63) is 34.8 Å². The van der Waals surface area contributed by atoms with Gasteiger partial charge in [0.1, 0.15) is 5.75 Å². The highest BCUT2D eigenvalue weighted by atomic mass is 32.1. The lowest BCUT2D eigenvalue weighted by molar-refractivity contribution is -0.118. The minimum atomic E-state index is -2.72. The van der Waals surface area contributed by atoms with Crippen LogP contribution in [0.1, 0.15) is 35.1 Å². The van der Waals surface area contributed by atoms with Gasteiger partial charge < -0.3 is 4.74 Å². The third kappa shape index (κ3) is 4.78. The van der Waals surface area contributed by atoms with Crippen molar-refractivity contribution in [3.63, 3.8) is 0 Å². The Kier molecular flexibility index (Phi) is 5.69. The van der Waals surface area contributed by atoms with E-state index in [0.29, 0.717) is 29.1 Å². The fraction of sp³-hybridized carbons (Fsp3) is 0.286. The molecule has 0 aliphatic heterocycles. The van der Waals surface area contributed by atoms with E-state index in [2.05, 4.69) is 15.5 Å². The SMILES string of the molecule is CCC(=O)c1ccc(OCC(=O)Nc2nnc(C(F)F)s2)cc1. The molecular weight excluding hydrogens is 328 g/mol. The number of alkyl halides is 2. The van der Waals surface area contributed by atoms with Gasteiger partial charge in [-0.25, -0.2) is 8.78 Å². The highest BCUT2D eigenvalue weighted by Gasteiger charge is 2.15. The maximum Gasteiger partial charge on any atom is 0.291 e. The molecule has 0 atom stereocenters. The number of ketones is 1. The number of ether oxygens (including phenoxy) is 1. The molecule has 2 aromatic rings. The van der Waals surface area contributed by atoms with Gasteiger partial charge in [-0.2, -0.15) is 0 Å². The Labute approximate surface area is 134 Å². The molecule has 0 saturated carbocycles. The van der Waals surface area contributed by atoms with Crippen molar-refractivity contribution in [1.29, 1.82) is 0 Å². The van der Waals surface area contributed by atoms with E-state index in [9.17, 15) is 18.4 Å². The zero-order valence-electron chi connectivity index (χ0n) is 12.1. The van der Waals surface area contributed by atoms with Crippen LogP contribution in [0.2, 0.25) is 0 Å². The van der Waals surface area contributed by atoms with Gasteiger partial charge in [0.05, 0.1) is 0 Å². The van der Waals surface area contributed by atoms with Gasteiger partial charge >= 0.3 is 0 Å². The van der Waals surface area contributed by atoms with Crippen molar-refractivity contribution < 1.29 is 23.1 Å². The predicted octanol–water partition coefficient (Wildman–Crippen LogP) is 3.09. The maximum absolute atomic E-state index is 12.3. The largest absolute Gasteiger partial charge is 0.484 e. The molecule has 23 heavy (non-hydrogen) atoms. The lowest BCUT2D eigenvalue weighted by Crippen LogP contribution is -2.20. The smallest absolute Gasteiger partial charge is 0.291 e. The average Bonchev–Trinajstić information content (AvgIpc) is 3.01. The molecule has 1 aromatic heterocycles. The quantitative estimate of drug-likeness (QED) is 0.783. The van der Waals surface area contributed by atoms with Gasteiger partial charge in [-0.15, -0.1) is 10.2 Å². The van der Waals surface area contributed by atoms with Crippen LogP contribution in [-0.2, 0) is 4.79 Å².